The molecule has 0 saturated heterocycles. The molecule has 0 radical (unpaired) electrons. The molecule has 11 aromatic rings. The maximum absolute atomic E-state index is 5.21. The van der Waals surface area contributed by atoms with E-state index < -0.39 is 0 Å². The van der Waals surface area contributed by atoms with E-state index in [0.29, 0.717) is 0 Å². The van der Waals surface area contributed by atoms with Gasteiger partial charge in [0.1, 0.15) is 5.65 Å². The first-order chi connectivity index (χ1) is 30.5. The fourth-order valence-corrected chi connectivity index (χ4v) is 10.2. The van der Waals surface area contributed by atoms with Gasteiger partial charge in [0.25, 0.3) is 0 Å². The van der Waals surface area contributed by atoms with E-state index in [9.17, 15) is 0 Å². The zero-order valence-electron chi connectivity index (χ0n) is 34.7. The summed E-state index contributed by atoms with van der Waals surface area (Å²) in [5, 5.41) is 5.14. The van der Waals surface area contributed by atoms with Gasteiger partial charge in [-0.15, -0.1) is 0 Å². The second-order valence-electron chi connectivity index (χ2n) is 17.1. The number of nitrogens with zero attached hydrogens (tertiary/aromatic N) is 2. The Bertz CT molecular complexity index is 3490. The number of fused-ring (bicyclic) bond motifs is 6. The first kappa shape index (κ1) is 36.1. The minimum absolute atomic E-state index is 0.196. The fourth-order valence-electron chi connectivity index (χ4n) is 10.2. The zero-order chi connectivity index (χ0) is 41.4. The Morgan fingerprint density at radius 2 is 0.823 bits per heavy atom. The minimum Gasteiger partial charge on any atom is -0.299 e. The average molecular weight is 791 g/mol. The molecule has 0 atom stereocenters. The van der Waals surface area contributed by atoms with Crippen LogP contribution in [0.25, 0.3) is 105 Å². The number of pyridine rings is 1. The predicted octanol–water partition coefficient (Wildman–Crippen LogP) is 15.9. The Hall–Kier alpha value is -7.81. The second kappa shape index (κ2) is 14.1. The molecule has 0 amide bonds. The first-order valence-electron chi connectivity index (χ1n) is 21.5. The number of aromatic nitrogens is 2. The molecule has 2 heteroatoms. The SMILES string of the molecule is CC1(C)c2cc(-c3ccc(-c4ccn5c(-c6ccccc6)c(-c6ccccc6)nc5c4)cc3)ccc2-c2cc3c(-c4ccccc4)c4ccccc4c(-c4ccccc4)c3cc21. The van der Waals surface area contributed by atoms with Crippen molar-refractivity contribution in [2.45, 2.75) is 19.3 Å². The van der Waals surface area contributed by atoms with Crippen molar-refractivity contribution in [3.05, 3.63) is 230 Å². The largest absolute Gasteiger partial charge is 0.299 e. The Morgan fingerprint density at radius 1 is 0.355 bits per heavy atom. The fraction of sp³-hybridized carbons (Fsp3) is 0.0500. The molecule has 0 N–H and O–H groups in total. The molecule has 0 saturated carbocycles. The molecule has 0 bridgehead atoms. The summed E-state index contributed by atoms with van der Waals surface area (Å²) in [5.41, 5.74) is 20.3. The molecular formula is C60H42N2. The number of benzene rings is 9. The van der Waals surface area contributed by atoms with E-state index in [1.54, 1.807) is 0 Å². The van der Waals surface area contributed by atoms with Crippen molar-refractivity contribution in [2.75, 3.05) is 0 Å². The Morgan fingerprint density at radius 3 is 1.40 bits per heavy atom. The van der Waals surface area contributed by atoms with E-state index in [1.807, 2.05) is 0 Å². The highest BCUT2D eigenvalue weighted by Gasteiger charge is 2.37. The molecule has 2 nitrogen and oxygen atoms in total. The molecule has 0 spiro atoms. The Kier molecular flexibility index (Phi) is 8.23. The van der Waals surface area contributed by atoms with Gasteiger partial charge >= 0.3 is 0 Å². The van der Waals surface area contributed by atoms with Crippen LogP contribution in [0, 0.1) is 0 Å². The molecule has 0 unspecified atom stereocenters. The first-order valence-corrected chi connectivity index (χ1v) is 21.5. The van der Waals surface area contributed by atoms with Gasteiger partial charge < -0.3 is 0 Å². The van der Waals surface area contributed by atoms with Gasteiger partial charge in [-0.3, -0.25) is 4.40 Å². The van der Waals surface area contributed by atoms with E-state index in [1.165, 1.54) is 77.2 Å². The molecule has 2 aromatic heterocycles. The van der Waals surface area contributed by atoms with Crippen molar-refractivity contribution < 1.29 is 0 Å². The zero-order valence-corrected chi connectivity index (χ0v) is 34.7. The van der Waals surface area contributed by atoms with E-state index in [-0.39, 0.29) is 5.41 Å². The van der Waals surface area contributed by atoms with Crippen LogP contribution in [0.15, 0.2) is 219 Å². The second-order valence-corrected chi connectivity index (χ2v) is 17.1. The highest BCUT2D eigenvalue weighted by molar-refractivity contribution is 6.22. The van der Waals surface area contributed by atoms with Gasteiger partial charge in [0.05, 0.1) is 11.4 Å². The van der Waals surface area contributed by atoms with Crippen molar-refractivity contribution >= 4 is 27.2 Å². The normalized spacial score (nSPS) is 12.8. The lowest BCUT2D eigenvalue weighted by molar-refractivity contribution is 0.661. The van der Waals surface area contributed by atoms with E-state index in [4.69, 9.17) is 4.98 Å². The molecule has 0 aliphatic heterocycles. The van der Waals surface area contributed by atoms with Crippen LogP contribution in [0.1, 0.15) is 25.0 Å². The Balaban J connectivity index is 0.950. The van der Waals surface area contributed by atoms with Gasteiger partial charge in [-0.1, -0.05) is 196 Å². The van der Waals surface area contributed by atoms with Crippen LogP contribution < -0.4 is 0 Å². The van der Waals surface area contributed by atoms with Crippen LogP contribution in [0.3, 0.4) is 0 Å². The quantitative estimate of drug-likeness (QED) is 0.153. The molecule has 1 aliphatic carbocycles. The molecule has 1 aliphatic rings. The third-order valence-corrected chi connectivity index (χ3v) is 13.2. The highest BCUT2D eigenvalue weighted by atomic mass is 15.0. The summed E-state index contributed by atoms with van der Waals surface area (Å²) in [5.74, 6) is 0. The lowest BCUT2D eigenvalue weighted by atomic mass is 9.79. The predicted molar refractivity (Wildman–Crippen MR) is 260 cm³/mol. The van der Waals surface area contributed by atoms with Gasteiger partial charge in [0.2, 0.25) is 0 Å². The molecule has 292 valence electrons. The van der Waals surface area contributed by atoms with E-state index in [2.05, 4.69) is 237 Å². The number of hydrogen-bond donors (Lipinski definition) is 0. The number of imidazole rings is 1. The topological polar surface area (TPSA) is 17.3 Å². The molecule has 2 heterocycles. The third-order valence-electron chi connectivity index (χ3n) is 13.2. The lowest BCUT2D eigenvalue weighted by Gasteiger charge is -2.24. The van der Waals surface area contributed by atoms with Gasteiger partial charge in [0.15, 0.2) is 0 Å². The summed E-state index contributed by atoms with van der Waals surface area (Å²) in [6.07, 6.45) is 2.16. The van der Waals surface area contributed by atoms with Crippen molar-refractivity contribution in [1.29, 1.82) is 0 Å². The van der Waals surface area contributed by atoms with Crippen LogP contribution in [0.2, 0.25) is 0 Å². The molecule has 12 rings (SSSR count). The third kappa shape index (κ3) is 5.68. The lowest BCUT2D eigenvalue weighted by Crippen LogP contribution is -2.15. The summed E-state index contributed by atoms with van der Waals surface area (Å²) >= 11 is 0. The molecule has 62 heavy (non-hydrogen) atoms. The number of hydrogen-bond acceptors (Lipinski definition) is 1. The highest BCUT2D eigenvalue weighted by Crippen LogP contribution is 2.54. The molecule has 9 aromatic carbocycles. The van der Waals surface area contributed by atoms with Crippen molar-refractivity contribution in [3.63, 3.8) is 0 Å². The summed E-state index contributed by atoms with van der Waals surface area (Å²) in [4.78, 5) is 5.21. The van der Waals surface area contributed by atoms with Crippen molar-refractivity contribution in [2.24, 2.45) is 0 Å². The monoisotopic (exact) mass is 790 g/mol. The van der Waals surface area contributed by atoms with Gasteiger partial charge in [-0.2, -0.15) is 0 Å². The molecule has 0 fully saturated rings. The van der Waals surface area contributed by atoms with Gasteiger partial charge in [-0.25, -0.2) is 4.98 Å². The number of rotatable bonds is 6. The summed E-state index contributed by atoms with van der Waals surface area (Å²) in [6.45, 7) is 4.80. The van der Waals surface area contributed by atoms with E-state index in [0.717, 1.165) is 39.3 Å². The van der Waals surface area contributed by atoms with Crippen molar-refractivity contribution in [3.8, 4) is 78.1 Å². The standard InChI is InChI=1S/C60H42N2/c1-60(2)53-35-45(39-27-29-40(30-28-39)46-33-34-62-55(36-46)61-58(43-21-11-5-12-22-43)59(62)44-23-13-6-14-24-44)31-32-47(53)50-37-51-52(38-54(50)60)57(42-19-9-4-10-20-42)49-26-16-15-25-48(49)56(51)41-17-7-3-8-18-41/h3-38H,1-2H3. The maximum Gasteiger partial charge on any atom is 0.138 e. The van der Waals surface area contributed by atoms with Crippen LogP contribution in [-0.4, -0.2) is 9.38 Å². The summed E-state index contributed by atoms with van der Waals surface area (Å²) < 4.78 is 2.22. The van der Waals surface area contributed by atoms with Crippen LogP contribution >= 0.6 is 0 Å². The average Bonchev–Trinajstić information content (AvgIpc) is 3.82. The van der Waals surface area contributed by atoms with E-state index >= 15 is 0 Å². The van der Waals surface area contributed by atoms with Crippen LogP contribution in [0.5, 0.6) is 0 Å². The van der Waals surface area contributed by atoms with Gasteiger partial charge in [-0.05, 0) is 119 Å². The summed E-state index contributed by atoms with van der Waals surface area (Å²) in [6, 6.07) is 77.4. The molecular weight excluding hydrogens is 749 g/mol. The maximum atomic E-state index is 5.21. The smallest absolute Gasteiger partial charge is 0.138 e. The Labute approximate surface area is 362 Å². The summed E-state index contributed by atoms with van der Waals surface area (Å²) in [7, 11) is 0. The minimum atomic E-state index is -0.196. The van der Waals surface area contributed by atoms with Gasteiger partial charge in [0, 0.05) is 22.7 Å². The van der Waals surface area contributed by atoms with Crippen LogP contribution in [0.4, 0.5) is 0 Å². The van der Waals surface area contributed by atoms with Crippen LogP contribution in [-0.2, 0) is 5.41 Å². The van der Waals surface area contributed by atoms with Crippen molar-refractivity contribution in [1.82, 2.24) is 9.38 Å².